The predicted octanol–water partition coefficient (Wildman–Crippen LogP) is 0.515. The lowest BCUT2D eigenvalue weighted by atomic mass is 10.2. The normalized spacial score (nSPS) is 28.8. The van der Waals surface area contributed by atoms with Crippen LogP contribution < -0.4 is 10.6 Å². The molecule has 0 spiro atoms. The molecule has 0 aromatic rings. The van der Waals surface area contributed by atoms with Crippen LogP contribution in [0, 0.1) is 0 Å². The zero-order valence-electron chi connectivity index (χ0n) is 5.67. The second kappa shape index (κ2) is 2.31. The average Bonchev–Trinajstić information content (AvgIpc) is 2.28. The van der Waals surface area contributed by atoms with Gasteiger partial charge in [-0.1, -0.05) is 24.3 Å². The van der Waals surface area contributed by atoms with Crippen LogP contribution in [-0.2, 0) is 0 Å². The lowest BCUT2D eigenvalue weighted by molar-refractivity contribution is 0.758. The first-order chi connectivity index (χ1) is 4.97. The molecule has 10 heavy (non-hydrogen) atoms. The molecule has 0 radical (unpaired) electrons. The number of rotatable bonds is 0. The summed E-state index contributed by atoms with van der Waals surface area (Å²) in [4.78, 5) is 0. The molecular formula is C8H10N2. The standard InChI is InChI=1S/C8H10N2/c1-2-4-7-8(5-3-1)10-6-9-7/h1-5,7,9-10H,6H2. The molecule has 1 atom stereocenters. The molecule has 1 fully saturated rings. The zero-order valence-corrected chi connectivity index (χ0v) is 5.67. The van der Waals surface area contributed by atoms with E-state index in [1.54, 1.807) is 0 Å². The van der Waals surface area contributed by atoms with Crippen LogP contribution in [0.15, 0.2) is 36.1 Å². The van der Waals surface area contributed by atoms with Crippen molar-refractivity contribution in [3.8, 4) is 0 Å². The molecule has 1 aliphatic heterocycles. The van der Waals surface area contributed by atoms with E-state index in [-0.39, 0.29) is 0 Å². The van der Waals surface area contributed by atoms with E-state index in [0.29, 0.717) is 6.04 Å². The van der Waals surface area contributed by atoms with Crippen molar-refractivity contribution in [2.45, 2.75) is 6.04 Å². The van der Waals surface area contributed by atoms with Gasteiger partial charge in [0, 0.05) is 5.70 Å². The largest absolute Gasteiger partial charge is 0.374 e. The highest BCUT2D eigenvalue weighted by Gasteiger charge is 2.15. The van der Waals surface area contributed by atoms with Gasteiger partial charge in [0.2, 0.25) is 0 Å². The van der Waals surface area contributed by atoms with Crippen molar-refractivity contribution in [1.82, 2.24) is 10.6 Å². The SMILES string of the molecule is C1=CC=C2NCNC2C=C1. The topological polar surface area (TPSA) is 24.1 Å². The molecule has 1 aliphatic carbocycles. The third-order valence-electron chi connectivity index (χ3n) is 1.75. The third-order valence-corrected chi connectivity index (χ3v) is 1.75. The van der Waals surface area contributed by atoms with Crippen molar-refractivity contribution >= 4 is 0 Å². The van der Waals surface area contributed by atoms with Crippen LogP contribution in [0.1, 0.15) is 0 Å². The summed E-state index contributed by atoms with van der Waals surface area (Å²) in [5, 5.41) is 6.54. The van der Waals surface area contributed by atoms with Gasteiger partial charge in [-0.2, -0.15) is 0 Å². The van der Waals surface area contributed by atoms with Gasteiger partial charge in [-0.3, -0.25) is 5.32 Å². The molecule has 0 amide bonds. The third kappa shape index (κ3) is 0.866. The molecule has 0 aromatic carbocycles. The van der Waals surface area contributed by atoms with Crippen molar-refractivity contribution < 1.29 is 0 Å². The van der Waals surface area contributed by atoms with Crippen LogP contribution in [0.25, 0.3) is 0 Å². The summed E-state index contributed by atoms with van der Waals surface area (Å²) >= 11 is 0. The molecule has 1 heterocycles. The lowest BCUT2D eigenvalue weighted by Gasteiger charge is -2.01. The van der Waals surface area contributed by atoms with Gasteiger partial charge < -0.3 is 5.32 Å². The van der Waals surface area contributed by atoms with Crippen LogP contribution in [0.2, 0.25) is 0 Å². The minimum Gasteiger partial charge on any atom is -0.374 e. The fraction of sp³-hybridized carbons (Fsp3) is 0.250. The van der Waals surface area contributed by atoms with E-state index in [1.165, 1.54) is 5.70 Å². The van der Waals surface area contributed by atoms with Crippen molar-refractivity contribution in [2.75, 3.05) is 6.67 Å². The van der Waals surface area contributed by atoms with Crippen molar-refractivity contribution in [2.24, 2.45) is 0 Å². The fourth-order valence-electron chi connectivity index (χ4n) is 1.22. The molecule has 1 unspecified atom stereocenters. The van der Waals surface area contributed by atoms with Crippen LogP contribution in [0.5, 0.6) is 0 Å². The van der Waals surface area contributed by atoms with Crippen LogP contribution >= 0.6 is 0 Å². The molecule has 0 aromatic heterocycles. The van der Waals surface area contributed by atoms with E-state index < -0.39 is 0 Å². The van der Waals surface area contributed by atoms with Crippen molar-refractivity contribution in [3.05, 3.63) is 36.1 Å². The molecule has 1 saturated heterocycles. The molecule has 52 valence electrons. The highest BCUT2D eigenvalue weighted by molar-refractivity contribution is 5.30. The van der Waals surface area contributed by atoms with E-state index in [9.17, 15) is 0 Å². The summed E-state index contributed by atoms with van der Waals surface area (Å²) < 4.78 is 0. The Labute approximate surface area is 60.3 Å². The number of fused-ring (bicyclic) bond motifs is 1. The molecule has 0 bridgehead atoms. The summed E-state index contributed by atoms with van der Waals surface area (Å²) in [6.07, 6.45) is 10.4. The Morgan fingerprint density at radius 1 is 1.30 bits per heavy atom. The molecule has 2 nitrogen and oxygen atoms in total. The Balaban J connectivity index is 2.29. The van der Waals surface area contributed by atoms with Gasteiger partial charge in [-0.15, -0.1) is 0 Å². The molecular weight excluding hydrogens is 124 g/mol. The maximum absolute atomic E-state index is 3.29. The van der Waals surface area contributed by atoms with Gasteiger partial charge >= 0.3 is 0 Å². The van der Waals surface area contributed by atoms with E-state index >= 15 is 0 Å². The van der Waals surface area contributed by atoms with Crippen molar-refractivity contribution in [1.29, 1.82) is 0 Å². The second-order valence-corrected chi connectivity index (χ2v) is 2.43. The van der Waals surface area contributed by atoms with Gasteiger partial charge in [-0.25, -0.2) is 0 Å². The van der Waals surface area contributed by atoms with E-state index in [1.807, 2.05) is 12.2 Å². The van der Waals surface area contributed by atoms with Gasteiger partial charge in [-0.05, 0) is 6.08 Å². The molecule has 2 rings (SSSR count). The summed E-state index contributed by atoms with van der Waals surface area (Å²) in [5.74, 6) is 0. The number of hydrogen-bond acceptors (Lipinski definition) is 2. The van der Waals surface area contributed by atoms with Gasteiger partial charge in [0.1, 0.15) is 0 Å². The van der Waals surface area contributed by atoms with Gasteiger partial charge in [0.05, 0.1) is 12.7 Å². The summed E-state index contributed by atoms with van der Waals surface area (Å²) in [5.41, 5.74) is 1.27. The summed E-state index contributed by atoms with van der Waals surface area (Å²) in [7, 11) is 0. The minimum absolute atomic E-state index is 0.412. The highest BCUT2D eigenvalue weighted by atomic mass is 15.2. The summed E-state index contributed by atoms with van der Waals surface area (Å²) in [6, 6.07) is 0.412. The van der Waals surface area contributed by atoms with E-state index in [4.69, 9.17) is 0 Å². The molecule has 2 N–H and O–H groups in total. The van der Waals surface area contributed by atoms with E-state index in [0.717, 1.165) is 6.67 Å². The maximum atomic E-state index is 3.29. The van der Waals surface area contributed by atoms with Crippen LogP contribution in [0.4, 0.5) is 0 Å². The quantitative estimate of drug-likeness (QED) is 0.504. The maximum Gasteiger partial charge on any atom is 0.0672 e. The van der Waals surface area contributed by atoms with Crippen LogP contribution in [0.3, 0.4) is 0 Å². The first-order valence-corrected chi connectivity index (χ1v) is 3.49. The molecule has 2 heteroatoms. The average molecular weight is 134 g/mol. The minimum atomic E-state index is 0.412. The Morgan fingerprint density at radius 3 is 3.30 bits per heavy atom. The molecule has 2 aliphatic rings. The predicted molar refractivity (Wildman–Crippen MR) is 41.3 cm³/mol. The van der Waals surface area contributed by atoms with Crippen LogP contribution in [-0.4, -0.2) is 12.7 Å². The Hall–Kier alpha value is -1.02. The number of nitrogens with one attached hydrogen (secondary N) is 2. The highest BCUT2D eigenvalue weighted by Crippen LogP contribution is 2.08. The zero-order chi connectivity index (χ0) is 6.81. The Morgan fingerprint density at radius 2 is 2.30 bits per heavy atom. The lowest BCUT2D eigenvalue weighted by Crippen LogP contribution is -2.19. The van der Waals surface area contributed by atoms with Gasteiger partial charge in [0.25, 0.3) is 0 Å². The first kappa shape index (κ1) is 5.74. The van der Waals surface area contributed by atoms with E-state index in [2.05, 4.69) is 28.9 Å². The Kier molecular flexibility index (Phi) is 1.32. The molecule has 0 saturated carbocycles. The van der Waals surface area contributed by atoms with Gasteiger partial charge in [0.15, 0.2) is 0 Å². The second-order valence-electron chi connectivity index (χ2n) is 2.43. The number of hydrogen-bond donors (Lipinski definition) is 2. The number of allylic oxidation sites excluding steroid dienone is 4. The smallest absolute Gasteiger partial charge is 0.0672 e. The van der Waals surface area contributed by atoms with Crippen molar-refractivity contribution in [3.63, 3.8) is 0 Å². The first-order valence-electron chi connectivity index (χ1n) is 3.49. The summed E-state index contributed by atoms with van der Waals surface area (Å²) in [6.45, 7) is 0.884. The Bertz CT molecular complexity index is 213. The monoisotopic (exact) mass is 134 g/mol. The fourth-order valence-corrected chi connectivity index (χ4v) is 1.22.